The number of hydrogen-bond acceptors (Lipinski definition) is 4. The number of aryl methyl sites for hydroxylation is 1. The first-order chi connectivity index (χ1) is 11.9. The molecule has 1 saturated heterocycles. The van der Waals surface area contributed by atoms with Gasteiger partial charge in [-0.2, -0.15) is 0 Å². The molecule has 3 unspecified atom stereocenters. The summed E-state index contributed by atoms with van der Waals surface area (Å²) in [5.41, 5.74) is 3.70. The Balaban J connectivity index is 1.94. The third kappa shape index (κ3) is 4.38. The van der Waals surface area contributed by atoms with Crippen LogP contribution in [0.5, 0.6) is 0 Å². The van der Waals surface area contributed by atoms with Crippen molar-refractivity contribution in [2.24, 2.45) is 0 Å². The van der Waals surface area contributed by atoms with Crippen molar-refractivity contribution in [2.75, 3.05) is 0 Å². The molecule has 0 amide bonds. The second kappa shape index (κ2) is 7.95. The minimum atomic E-state index is -0.391. The van der Waals surface area contributed by atoms with Gasteiger partial charge in [0.15, 0.2) is 0 Å². The lowest BCUT2D eigenvalue weighted by Gasteiger charge is -2.33. The van der Waals surface area contributed by atoms with E-state index < -0.39 is 6.10 Å². The van der Waals surface area contributed by atoms with Gasteiger partial charge in [0, 0.05) is 22.7 Å². The van der Waals surface area contributed by atoms with Crippen LogP contribution in [-0.2, 0) is 17.8 Å². The SMILES string of the molecule is Cc1cc(Cc2cc(C3CC(O)CC(C)O3)c(CO)cc2Cl)sc1Cl. The number of thiophene rings is 1. The third-order valence-corrected chi connectivity index (χ3v) is 6.49. The predicted molar refractivity (Wildman–Crippen MR) is 103 cm³/mol. The molecule has 25 heavy (non-hydrogen) atoms. The summed E-state index contributed by atoms with van der Waals surface area (Å²) in [5, 5.41) is 20.4. The average Bonchev–Trinajstić information content (AvgIpc) is 2.86. The van der Waals surface area contributed by atoms with Gasteiger partial charge in [0.25, 0.3) is 0 Å². The summed E-state index contributed by atoms with van der Waals surface area (Å²) in [6, 6.07) is 5.89. The van der Waals surface area contributed by atoms with E-state index in [1.165, 1.54) is 0 Å². The lowest BCUT2D eigenvalue weighted by atomic mass is 9.91. The third-order valence-electron chi connectivity index (χ3n) is 4.59. The highest BCUT2D eigenvalue weighted by molar-refractivity contribution is 7.16. The van der Waals surface area contributed by atoms with Gasteiger partial charge in [-0.1, -0.05) is 29.3 Å². The molecule has 3 nitrogen and oxygen atoms in total. The predicted octanol–water partition coefficient (Wildman–Crippen LogP) is 5.05. The van der Waals surface area contributed by atoms with E-state index in [2.05, 4.69) is 6.07 Å². The largest absolute Gasteiger partial charge is 0.393 e. The molecule has 3 rings (SSSR count). The first-order valence-corrected chi connectivity index (χ1v) is 9.95. The van der Waals surface area contributed by atoms with Crippen LogP contribution in [0.3, 0.4) is 0 Å². The molecule has 2 aromatic rings. The first kappa shape index (κ1) is 19.2. The van der Waals surface area contributed by atoms with E-state index in [-0.39, 0.29) is 18.8 Å². The zero-order valence-electron chi connectivity index (χ0n) is 14.3. The summed E-state index contributed by atoms with van der Waals surface area (Å²) >= 11 is 14.2. The number of ether oxygens (including phenoxy) is 1. The molecule has 2 N–H and O–H groups in total. The van der Waals surface area contributed by atoms with Crippen molar-refractivity contribution in [3.05, 3.63) is 54.7 Å². The van der Waals surface area contributed by atoms with Crippen molar-refractivity contribution in [1.82, 2.24) is 0 Å². The van der Waals surface area contributed by atoms with E-state index in [0.717, 1.165) is 31.5 Å². The topological polar surface area (TPSA) is 49.7 Å². The van der Waals surface area contributed by atoms with Crippen LogP contribution in [0, 0.1) is 6.92 Å². The fraction of sp³-hybridized carbons (Fsp3) is 0.474. The summed E-state index contributed by atoms with van der Waals surface area (Å²) in [4.78, 5) is 1.14. The number of hydrogen-bond donors (Lipinski definition) is 2. The van der Waals surface area contributed by atoms with E-state index in [1.54, 1.807) is 11.3 Å². The van der Waals surface area contributed by atoms with E-state index >= 15 is 0 Å². The normalized spacial score (nSPS) is 23.8. The van der Waals surface area contributed by atoms with Gasteiger partial charge in [-0.3, -0.25) is 0 Å². The van der Waals surface area contributed by atoms with Gasteiger partial charge in [0.1, 0.15) is 0 Å². The Morgan fingerprint density at radius 3 is 2.56 bits per heavy atom. The summed E-state index contributed by atoms with van der Waals surface area (Å²) in [7, 11) is 0. The van der Waals surface area contributed by atoms with Gasteiger partial charge < -0.3 is 14.9 Å². The molecule has 1 aromatic carbocycles. The minimum Gasteiger partial charge on any atom is -0.393 e. The molecule has 6 heteroatoms. The number of benzene rings is 1. The molecule has 1 aromatic heterocycles. The molecule has 136 valence electrons. The maximum absolute atomic E-state index is 10.1. The van der Waals surface area contributed by atoms with Crippen LogP contribution in [0.4, 0.5) is 0 Å². The molecule has 0 saturated carbocycles. The maximum Gasteiger partial charge on any atom is 0.0960 e. The number of halogens is 2. The average molecular weight is 401 g/mol. The fourth-order valence-electron chi connectivity index (χ4n) is 3.37. The zero-order chi connectivity index (χ0) is 18.1. The van der Waals surface area contributed by atoms with Crippen LogP contribution in [0.25, 0.3) is 0 Å². The van der Waals surface area contributed by atoms with Gasteiger partial charge in [0.2, 0.25) is 0 Å². The maximum atomic E-state index is 10.1. The standard InChI is InChI=1S/C19H22Cl2O3S/c1-10-3-15(25-19(10)21)5-12-6-16(13(9-22)7-17(12)20)18-8-14(23)4-11(2)24-18/h3,6-7,11,14,18,22-23H,4-5,8-9H2,1-2H3. The van der Waals surface area contributed by atoms with Crippen molar-refractivity contribution < 1.29 is 14.9 Å². The zero-order valence-corrected chi connectivity index (χ0v) is 16.6. The second-order valence-corrected chi connectivity index (χ2v) is 8.85. The van der Waals surface area contributed by atoms with Crippen molar-refractivity contribution in [1.29, 1.82) is 0 Å². The van der Waals surface area contributed by atoms with Crippen molar-refractivity contribution >= 4 is 34.5 Å². The van der Waals surface area contributed by atoms with Crippen LogP contribution in [0.2, 0.25) is 9.36 Å². The summed E-state index contributed by atoms with van der Waals surface area (Å²) in [6.45, 7) is 3.84. The minimum absolute atomic E-state index is 0.0156. The van der Waals surface area contributed by atoms with Gasteiger partial charge >= 0.3 is 0 Å². The Labute approximate surface area is 162 Å². The Morgan fingerprint density at radius 1 is 1.20 bits per heavy atom. The number of aliphatic hydroxyl groups excluding tert-OH is 2. The Bertz CT molecular complexity index is 730. The summed E-state index contributed by atoms with van der Waals surface area (Å²) < 4.78 is 6.82. The van der Waals surface area contributed by atoms with Crippen molar-refractivity contribution in [2.45, 2.75) is 58.0 Å². The molecule has 0 spiro atoms. The fourth-order valence-corrected chi connectivity index (χ4v) is 4.89. The van der Waals surface area contributed by atoms with Gasteiger partial charge in [0.05, 0.1) is 29.3 Å². The van der Waals surface area contributed by atoms with Gasteiger partial charge in [-0.25, -0.2) is 0 Å². The molecule has 0 aliphatic carbocycles. The summed E-state index contributed by atoms with van der Waals surface area (Å²) in [6.07, 6.45) is 1.21. The Hall–Kier alpha value is -0.620. The van der Waals surface area contributed by atoms with Gasteiger partial charge in [-0.15, -0.1) is 11.3 Å². The molecule has 1 aliphatic rings. The molecule has 1 fully saturated rings. The molecule has 0 radical (unpaired) electrons. The Kier molecular flexibility index (Phi) is 6.09. The van der Waals surface area contributed by atoms with Gasteiger partial charge in [-0.05, 0) is 54.7 Å². The number of rotatable bonds is 4. The van der Waals surface area contributed by atoms with Crippen molar-refractivity contribution in [3.8, 4) is 0 Å². The Morgan fingerprint density at radius 2 is 1.96 bits per heavy atom. The highest BCUT2D eigenvalue weighted by atomic mass is 35.5. The quantitative estimate of drug-likeness (QED) is 0.754. The molecule has 2 heterocycles. The number of aliphatic hydroxyl groups is 2. The molecule has 3 atom stereocenters. The monoisotopic (exact) mass is 400 g/mol. The van der Waals surface area contributed by atoms with E-state index in [4.69, 9.17) is 27.9 Å². The highest BCUT2D eigenvalue weighted by Gasteiger charge is 2.29. The van der Waals surface area contributed by atoms with Crippen LogP contribution in [0.15, 0.2) is 18.2 Å². The highest BCUT2D eigenvalue weighted by Crippen LogP contribution is 2.37. The lowest BCUT2D eigenvalue weighted by Crippen LogP contribution is -2.30. The van der Waals surface area contributed by atoms with Crippen LogP contribution in [-0.4, -0.2) is 22.4 Å². The first-order valence-electron chi connectivity index (χ1n) is 8.37. The molecular weight excluding hydrogens is 379 g/mol. The van der Waals surface area contributed by atoms with Crippen LogP contribution < -0.4 is 0 Å². The van der Waals surface area contributed by atoms with Crippen molar-refractivity contribution in [3.63, 3.8) is 0 Å². The van der Waals surface area contributed by atoms with E-state index in [1.807, 2.05) is 26.0 Å². The van der Waals surface area contributed by atoms with E-state index in [9.17, 15) is 10.2 Å². The lowest BCUT2D eigenvalue weighted by molar-refractivity contribution is -0.0901. The second-order valence-electron chi connectivity index (χ2n) is 6.71. The van der Waals surface area contributed by atoms with E-state index in [0.29, 0.717) is 24.3 Å². The molecule has 1 aliphatic heterocycles. The smallest absolute Gasteiger partial charge is 0.0960 e. The molecular formula is C19H22Cl2O3S. The van der Waals surface area contributed by atoms with Crippen LogP contribution in [0.1, 0.15) is 53.0 Å². The van der Waals surface area contributed by atoms with Crippen LogP contribution >= 0.6 is 34.5 Å². The molecule has 0 bridgehead atoms. The summed E-state index contributed by atoms with van der Waals surface area (Å²) in [5.74, 6) is 0.